The van der Waals surface area contributed by atoms with Crippen molar-refractivity contribution in [1.29, 1.82) is 0 Å². The third-order valence-electron chi connectivity index (χ3n) is 3.89. The summed E-state index contributed by atoms with van der Waals surface area (Å²) in [5.74, 6) is 0.381. The molecular weight excluding hydrogens is 306 g/mol. The minimum Gasteiger partial charge on any atom is -0.459 e. The van der Waals surface area contributed by atoms with E-state index in [1.54, 1.807) is 0 Å². The normalized spacial score (nSPS) is 10.9. The highest BCUT2D eigenvalue weighted by Crippen LogP contribution is 2.24. The van der Waals surface area contributed by atoms with Crippen LogP contribution in [0.25, 0.3) is 11.0 Å². The number of carbonyl (C=O) groups excluding carboxylic acids is 1. The Morgan fingerprint density at radius 1 is 1.25 bits per heavy atom. The summed E-state index contributed by atoms with van der Waals surface area (Å²) in [7, 11) is 0. The molecule has 0 aliphatic rings. The Hall–Kier alpha value is -2.89. The Morgan fingerprint density at radius 2 is 2.04 bits per heavy atom. The van der Waals surface area contributed by atoms with E-state index in [0.29, 0.717) is 12.3 Å². The average Bonchev–Trinajstić information content (AvgIpc) is 2.91. The molecule has 0 bridgehead atoms. The van der Waals surface area contributed by atoms with Gasteiger partial charge in [0.25, 0.3) is 11.5 Å². The number of rotatable bonds is 5. The molecule has 0 aliphatic heterocycles. The van der Waals surface area contributed by atoms with Crippen LogP contribution in [0, 0.1) is 6.92 Å². The van der Waals surface area contributed by atoms with Gasteiger partial charge in [0.05, 0.1) is 6.54 Å². The van der Waals surface area contributed by atoms with Crippen LogP contribution < -0.4 is 10.9 Å². The summed E-state index contributed by atoms with van der Waals surface area (Å²) >= 11 is 0. The fourth-order valence-corrected chi connectivity index (χ4v) is 2.59. The molecule has 3 rings (SSSR count). The monoisotopic (exact) mass is 325 g/mol. The van der Waals surface area contributed by atoms with Gasteiger partial charge in [0.15, 0.2) is 0 Å². The van der Waals surface area contributed by atoms with Gasteiger partial charge in [0.1, 0.15) is 17.0 Å². The molecule has 6 nitrogen and oxygen atoms in total. The maximum absolute atomic E-state index is 12.3. The SMILES string of the molecule is CCCn1nc(C(=O)NCc2oc3ccccc3c2C)ccc1=O. The average molecular weight is 325 g/mol. The molecule has 0 saturated carbocycles. The first-order chi connectivity index (χ1) is 11.6. The number of hydrogen-bond donors (Lipinski definition) is 1. The molecule has 24 heavy (non-hydrogen) atoms. The van der Waals surface area contributed by atoms with Gasteiger partial charge in [-0.15, -0.1) is 0 Å². The van der Waals surface area contributed by atoms with E-state index in [0.717, 1.165) is 23.0 Å². The predicted molar refractivity (Wildman–Crippen MR) is 90.9 cm³/mol. The van der Waals surface area contributed by atoms with Crippen LogP contribution in [0.4, 0.5) is 0 Å². The van der Waals surface area contributed by atoms with Crippen LogP contribution in [0.2, 0.25) is 0 Å². The van der Waals surface area contributed by atoms with Crippen molar-refractivity contribution >= 4 is 16.9 Å². The Morgan fingerprint density at radius 3 is 2.79 bits per heavy atom. The van der Waals surface area contributed by atoms with E-state index in [-0.39, 0.29) is 23.7 Å². The van der Waals surface area contributed by atoms with E-state index in [9.17, 15) is 9.59 Å². The molecular formula is C18H19N3O3. The molecule has 0 fully saturated rings. The van der Waals surface area contributed by atoms with Crippen LogP contribution in [0.3, 0.4) is 0 Å². The zero-order valence-corrected chi connectivity index (χ0v) is 13.7. The summed E-state index contributed by atoms with van der Waals surface area (Å²) in [4.78, 5) is 23.9. The van der Waals surface area contributed by atoms with E-state index in [2.05, 4.69) is 10.4 Å². The number of aromatic nitrogens is 2. The molecule has 0 radical (unpaired) electrons. The number of para-hydroxylation sites is 1. The Bertz CT molecular complexity index is 940. The van der Waals surface area contributed by atoms with Crippen molar-refractivity contribution < 1.29 is 9.21 Å². The number of benzene rings is 1. The molecule has 124 valence electrons. The summed E-state index contributed by atoms with van der Waals surface area (Å²) in [5.41, 5.74) is 1.82. The van der Waals surface area contributed by atoms with Crippen LogP contribution in [-0.2, 0) is 13.1 Å². The van der Waals surface area contributed by atoms with Gasteiger partial charge in [-0.05, 0) is 25.5 Å². The van der Waals surface area contributed by atoms with Crippen molar-refractivity contribution in [2.24, 2.45) is 0 Å². The smallest absolute Gasteiger partial charge is 0.272 e. The van der Waals surface area contributed by atoms with Crippen LogP contribution in [0.1, 0.15) is 35.2 Å². The van der Waals surface area contributed by atoms with Crippen molar-refractivity contribution in [3.05, 3.63) is 63.8 Å². The molecule has 1 N–H and O–H groups in total. The number of nitrogens with zero attached hydrogens (tertiary/aromatic N) is 2. The second kappa shape index (κ2) is 6.70. The second-order valence-electron chi connectivity index (χ2n) is 5.61. The van der Waals surface area contributed by atoms with Gasteiger partial charge in [-0.2, -0.15) is 5.10 Å². The van der Waals surface area contributed by atoms with Crippen molar-refractivity contribution in [2.75, 3.05) is 0 Å². The lowest BCUT2D eigenvalue weighted by atomic mass is 10.1. The van der Waals surface area contributed by atoms with E-state index in [1.165, 1.54) is 16.8 Å². The molecule has 6 heteroatoms. The first-order valence-corrected chi connectivity index (χ1v) is 7.93. The molecule has 1 amide bonds. The molecule has 0 aliphatic carbocycles. The summed E-state index contributed by atoms with van der Waals surface area (Å²) in [5, 5.41) is 7.93. The lowest BCUT2D eigenvalue weighted by molar-refractivity contribution is 0.0940. The highest BCUT2D eigenvalue weighted by molar-refractivity contribution is 5.92. The molecule has 0 spiro atoms. The topological polar surface area (TPSA) is 77.1 Å². The van der Waals surface area contributed by atoms with Gasteiger partial charge in [0, 0.05) is 23.6 Å². The van der Waals surface area contributed by atoms with E-state index < -0.39 is 0 Å². The van der Waals surface area contributed by atoms with E-state index in [4.69, 9.17) is 4.42 Å². The lowest BCUT2D eigenvalue weighted by Crippen LogP contribution is -2.29. The van der Waals surface area contributed by atoms with Crippen LogP contribution in [0.15, 0.2) is 45.6 Å². The van der Waals surface area contributed by atoms with Crippen molar-refractivity contribution in [2.45, 2.75) is 33.4 Å². The highest BCUT2D eigenvalue weighted by Gasteiger charge is 2.13. The van der Waals surface area contributed by atoms with Crippen LogP contribution in [0.5, 0.6) is 0 Å². The zero-order chi connectivity index (χ0) is 17.1. The van der Waals surface area contributed by atoms with Gasteiger partial charge in [-0.25, -0.2) is 4.68 Å². The summed E-state index contributed by atoms with van der Waals surface area (Å²) in [6.07, 6.45) is 0.774. The van der Waals surface area contributed by atoms with E-state index >= 15 is 0 Å². The number of amides is 1. The lowest BCUT2D eigenvalue weighted by Gasteiger charge is -2.06. The zero-order valence-electron chi connectivity index (χ0n) is 13.7. The predicted octanol–water partition coefficient (Wildman–Crippen LogP) is 2.64. The minimum atomic E-state index is -0.334. The minimum absolute atomic E-state index is 0.207. The van der Waals surface area contributed by atoms with Crippen LogP contribution in [-0.4, -0.2) is 15.7 Å². The summed E-state index contributed by atoms with van der Waals surface area (Å²) in [6.45, 7) is 4.68. The Kier molecular flexibility index (Phi) is 4.46. The third-order valence-corrected chi connectivity index (χ3v) is 3.89. The van der Waals surface area contributed by atoms with Crippen LogP contribution >= 0.6 is 0 Å². The molecule has 2 heterocycles. The standard InChI is InChI=1S/C18H19N3O3/c1-3-10-21-17(22)9-8-14(20-21)18(23)19-11-16-12(2)13-6-4-5-7-15(13)24-16/h4-9H,3,10-11H2,1-2H3,(H,19,23). The van der Waals surface area contributed by atoms with Gasteiger partial charge >= 0.3 is 0 Å². The molecule has 1 aromatic carbocycles. The van der Waals surface area contributed by atoms with E-state index in [1.807, 2.05) is 38.1 Å². The summed E-state index contributed by atoms with van der Waals surface area (Å²) < 4.78 is 7.08. The summed E-state index contributed by atoms with van der Waals surface area (Å²) in [6, 6.07) is 10.6. The fourth-order valence-electron chi connectivity index (χ4n) is 2.59. The maximum atomic E-state index is 12.3. The van der Waals surface area contributed by atoms with Gasteiger partial charge in [-0.1, -0.05) is 25.1 Å². The molecule has 0 unspecified atom stereocenters. The number of aryl methyl sites for hydroxylation is 2. The number of hydrogen-bond acceptors (Lipinski definition) is 4. The number of fused-ring (bicyclic) bond motifs is 1. The van der Waals surface area contributed by atoms with Crippen molar-refractivity contribution in [1.82, 2.24) is 15.1 Å². The molecule has 3 aromatic rings. The van der Waals surface area contributed by atoms with Gasteiger partial charge < -0.3 is 9.73 Å². The van der Waals surface area contributed by atoms with Crippen molar-refractivity contribution in [3.8, 4) is 0 Å². The highest BCUT2D eigenvalue weighted by atomic mass is 16.3. The quantitative estimate of drug-likeness (QED) is 0.782. The van der Waals surface area contributed by atoms with Gasteiger partial charge in [0.2, 0.25) is 0 Å². The maximum Gasteiger partial charge on any atom is 0.272 e. The molecule has 2 aromatic heterocycles. The number of nitrogens with one attached hydrogen (secondary N) is 1. The molecule has 0 saturated heterocycles. The number of carbonyl (C=O) groups is 1. The first-order valence-electron chi connectivity index (χ1n) is 7.93. The second-order valence-corrected chi connectivity index (χ2v) is 5.61. The Balaban J connectivity index is 1.76. The fraction of sp³-hybridized carbons (Fsp3) is 0.278. The largest absolute Gasteiger partial charge is 0.459 e. The number of furan rings is 1. The third kappa shape index (κ3) is 3.08. The van der Waals surface area contributed by atoms with Crippen molar-refractivity contribution in [3.63, 3.8) is 0 Å². The Labute approximate surface area is 139 Å². The first kappa shape index (κ1) is 16.0. The molecule has 0 atom stereocenters. The van der Waals surface area contributed by atoms with Gasteiger partial charge in [-0.3, -0.25) is 9.59 Å².